The van der Waals surface area contributed by atoms with Crippen LogP contribution in [0.1, 0.15) is 46.9 Å². The second-order valence-electron chi connectivity index (χ2n) is 5.80. The van der Waals surface area contributed by atoms with Crippen molar-refractivity contribution in [3.8, 4) is 0 Å². The lowest BCUT2D eigenvalue weighted by Crippen LogP contribution is -2.13. The zero-order valence-electron chi connectivity index (χ0n) is 14.7. The van der Waals surface area contributed by atoms with Crippen LogP contribution in [0.3, 0.4) is 0 Å². The molecule has 0 radical (unpaired) electrons. The fourth-order valence-electron chi connectivity index (χ4n) is 2.29. The van der Waals surface area contributed by atoms with Crippen LogP contribution in [0, 0.1) is 13.7 Å². The fourth-order valence-corrected chi connectivity index (χ4v) is 2.82. The van der Waals surface area contributed by atoms with Crippen molar-refractivity contribution >= 4 is 45.8 Å². The minimum Gasteiger partial charge on any atom is -0.462 e. The molecule has 1 N–H and O–H groups in total. The van der Waals surface area contributed by atoms with Crippen LogP contribution in [-0.4, -0.2) is 23.4 Å². The second-order valence-corrected chi connectivity index (χ2v) is 6.96. The quantitative estimate of drug-likeness (QED) is 0.192. The number of nitrogens with zero attached hydrogens (tertiary/aromatic N) is 1. The van der Waals surface area contributed by atoms with E-state index in [4.69, 9.17) is 4.74 Å². The highest BCUT2D eigenvalue weighted by Crippen LogP contribution is 2.22. The molecule has 8 heteroatoms. The molecule has 0 bridgehead atoms. The van der Waals surface area contributed by atoms with Crippen LogP contribution >= 0.6 is 22.6 Å². The molecule has 2 aromatic carbocycles. The van der Waals surface area contributed by atoms with Gasteiger partial charge in [0.05, 0.1) is 20.7 Å². The summed E-state index contributed by atoms with van der Waals surface area (Å²) in [5, 5.41) is 13.6. The van der Waals surface area contributed by atoms with Crippen molar-refractivity contribution in [2.24, 2.45) is 0 Å². The molecule has 0 saturated heterocycles. The molecular formula is C19H19IN2O5. The standard InChI is InChI=1S/C19H19IN2O5/c1-2-3-4-11-27-19(24)13-5-8-15(9-6-13)21-18(23)14-7-10-16(20)17(12-14)22(25)26/h5-10,12H,2-4,11H2,1H3,(H,21,23). The zero-order chi connectivity index (χ0) is 19.8. The number of amides is 1. The Balaban J connectivity index is 2.00. The smallest absolute Gasteiger partial charge is 0.338 e. The van der Waals surface area contributed by atoms with Crippen LogP contribution in [0.15, 0.2) is 42.5 Å². The Kier molecular flexibility index (Phi) is 7.71. The van der Waals surface area contributed by atoms with Gasteiger partial charge in [0, 0.05) is 17.3 Å². The third kappa shape index (κ3) is 6.02. The average molecular weight is 482 g/mol. The number of hydrogen-bond donors (Lipinski definition) is 1. The molecular weight excluding hydrogens is 463 g/mol. The number of nitrogens with one attached hydrogen (secondary N) is 1. The number of hydrogen-bond acceptors (Lipinski definition) is 5. The highest BCUT2D eigenvalue weighted by Gasteiger charge is 2.16. The topological polar surface area (TPSA) is 98.5 Å². The molecule has 0 aliphatic heterocycles. The Morgan fingerprint density at radius 3 is 2.41 bits per heavy atom. The SMILES string of the molecule is CCCCCOC(=O)c1ccc(NC(=O)c2ccc(I)c([N+](=O)[O-])c2)cc1. The van der Waals surface area contributed by atoms with Gasteiger partial charge in [0.2, 0.25) is 0 Å². The maximum atomic E-state index is 12.3. The summed E-state index contributed by atoms with van der Waals surface area (Å²) in [4.78, 5) is 34.7. The number of esters is 1. The first-order valence-corrected chi connectivity index (χ1v) is 9.52. The van der Waals surface area contributed by atoms with Gasteiger partial charge in [0.25, 0.3) is 11.6 Å². The molecule has 0 heterocycles. The number of unbranched alkanes of at least 4 members (excludes halogenated alkanes) is 2. The number of nitro benzene ring substituents is 1. The number of carbonyl (C=O) groups is 2. The fraction of sp³-hybridized carbons (Fsp3) is 0.263. The minimum absolute atomic E-state index is 0.121. The highest BCUT2D eigenvalue weighted by atomic mass is 127. The van der Waals surface area contributed by atoms with Crippen LogP contribution < -0.4 is 5.32 Å². The summed E-state index contributed by atoms with van der Waals surface area (Å²) in [6, 6.07) is 10.6. The molecule has 0 fully saturated rings. The first-order chi connectivity index (χ1) is 12.9. The molecule has 142 valence electrons. The molecule has 2 rings (SSSR count). The average Bonchev–Trinajstić information content (AvgIpc) is 2.65. The molecule has 0 atom stereocenters. The molecule has 0 spiro atoms. The number of rotatable bonds is 8. The Morgan fingerprint density at radius 1 is 1.11 bits per heavy atom. The van der Waals surface area contributed by atoms with Crippen LogP contribution in [0.2, 0.25) is 0 Å². The molecule has 0 saturated carbocycles. The highest BCUT2D eigenvalue weighted by molar-refractivity contribution is 14.1. The van der Waals surface area contributed by atoms with Gasteiger partial charge in [-0.1, -0.05) is 19.8 Å². The van der Waals surface area contributed by atoms with E-state index in [1.807, 2.05) is 22.6 Å². The molecule has 0 aliphatic carbocycles. The minimum atomic E-state index is -0.528. The van der Waals surface area contributed by atoms with Gasteiger partial charge in [-0.15, -0.1) is 0 Å². The summed E-state index contributed by atoms with van der Waals surface area (Å²) in [6.45, 7) is 2.46. The van der Waals surface area contributed by atoms with Gasteiger partial charge in [-0.2, -0.15) is 0 Å². The normalized spacial score (nSPS) is 10.3. The van der Waals surface area contributed by atoms with Crippen molar-refractivity contribution < 1.29 is 19.2 Å². The maximum absolute atomic E-state index is 12.3. The lowest BCUT2D eigenvalue weighted by Gasteiger charge is -2.08. The van der Waals surface area contributed by atoms with E-state index in [9.17, 15) is 19.7 Å². The van der Waals surface area contributed by atoms with E-state index in [0.717, 1.165) is 19.3 Å². The van der Waals surface area contributed by atoms with E-state index >= 15 is 0 Å². The number of nitro groups is 1. The second kappa shape index (κ2) is 10.0. The molecule has 27 heavy (non-hydrogen) atoms. The van der Waals surface area contributed by atoms with Gasteiger partial charge < -0.3 is 10.1 Å². The largest absolute Gasteiger partial charge is 0.462 e. The Bertz CT molecular complexity index is 836. The van der Waals surface area contributed by atoms with E-state index < -0.39 is 16.8 Å². The first-order valence-electron chi connectivity index (χ1n) is 8.45. The summed E-state index contributed by atoms with van der Waals surface area (Å²) in [5.74, 6) is -0.873. The number of benzene rings is 2. The van der Waals surface area contributed by atoms with Gasteiger partial charge in [-0.05, 0) is 65.4 Å². The van der Waals surface area contributed by atoms with Crippen molar-refractivity contribution in [1.29, 1.82) is 0 Å². The summed E-state index contributed by atoms with van der Waals surface area (Å²) in [6.07, 6.45) is 2.89. The monoisotopic (exact) mass is 482 g/mol. The predicted molar refractivity (Wildman–Crippen MR) is 110 cm³/mol. The maximum Gasteiger partial charge on any atom is 0.338 e. The summed E-state index contributed by atoms with van der Waals surface area (Å²) in [5.41, 5.74) is 0.934. The van der Waals surface area contributed by atoms with Crippen LogP contribution in [0.4, 0.5) is 11.4 Å². The summed E-state index contributed by atoms with van der Waals surface area (Å²) >= 11 is 1.85. The van der Waals surface area contributed by atoms with E-state index in [1.54, 1.807) is 24.3 Å². The van der Waals surface area contributed by atoms with Crippen molar-refractivity contribution in [3.05, 3.63) is 67.3 Å². The number of ether oxygens (including phenoxy) is 1. The molecule has 0 unspecified atom stereocenters. The molecule has 1 amide bonds. The van der Waals surface area contributed by atoms with Gasteiger partial charge in [0.15, 0.2) is 0 Å². The van der Waals surface area contributed by atoms with Gasteiger partial charge in [0.1, 0.15) is 0 Å². The van der Waals surface area contributed by atoms with E-state index in [1.165, 1.54) is 18.2 Å². The number of halogens is 1. The number of anilines is 1. The third-order valence-electron chi connectivity index (χ3n) is 3.76. The van der Waals surface area contributed by atoms with Gasteiger partial charge in [-0.25, -0.2) is 4.79 Å². The Hall–Kier alpha value is -2.49. The summed E-state index contributed by atoms with van der Waals surface area (Å²) in [7, 11) is 0. The Morgan fingerprint density at radius 2 is 1.78 bits per heavy atom. The predicted octanol–water partition coefficient (Wildman–Crippen LogP) is 4.80. The van der Waals surface area contributed by atoms with E-state index in [-0.39, 0.29) is 11.3 Å². The summed E-state index contributed by atoms with van der Waals surface area (Å²) < 4.78 is 5.63. The molecule has 0 aromatic heterocycles. The third-order valence-corrected chi connectivity index (χ3v) is 4.68. The molecule has 0 aliphatic rings. The van der Waals surface area contributed by atoms with Crippen molar-refractivity contribution in [1.82, 2.24) is 0 Å². The van der Waals surface area contributed by atoms with Crippen LogP contribution in [0.5, 0.6) is 0 Å². The molecule has 7 nitrogen and oxygen atoms in total. The lowest BCUT2D eigenvalue weighted by molar-refractivity contribution is -0.385. The van der Waals surface area contributed by atoms with E-state index in [0.29, 0.717) is 21.4 Å². The first kappa shape index (κ1) is 20.8. The van der Waals surface area contributed by atoms with Gasteiger partial charge >= 0.3 is 5.97 Å². The lowest BCUT2D eigenvalue weighted by atomic mass is 10.1. The van der Waals surface area contributed by atoms with Crippen molar-refractivity contribution in [2.45, 2.75) is 26.2 Å². The Labute approximate surface area is 170 Å². The van der Waals surface area contributed by atoms with Gasteiger partial charge in [-0.3, -0.25) is 14.9 Å². The van der Waals surface area contributed by atoms with Crippen molar-refractivity contribution in [2.75, 3.05) is 11.9 Å². The van der Waals surface area contributed by atoms with Crippen molar-refractivity contribution in [3.63, 3.8) is 0 Å². The van der Waals surface area contributed by atoms with Crippen LogP contribution in [-0.2, 0) is 4.74 Å². The number of carbonyl (C=O) groups excluding carboxylic acids is 2. The van der Waals surface area contributed by atoms with Crippen LogP contribution in [0.25, 0.3) is 0 Å². The molecule has 2 aromatic rings. The zero-order valence-corrected chi connectivity index (χ0v) is 16.9. The van der Waals surface area contributed by atoms with E-state index in [2.05, 4.69) is 12.2 Å².